The van der Waals surface area contributed by atoms with Gasteiger partial charge in [-0.3, -0.25) is 0 Å². The van der Waals surface area contributed by atoms with Crippen LogP contribution >= 0.6 is 23.1 Å². The Hall–Kier alpha value is -0.900. The zero-order valence-electron chi connectivity index (χ0n) is 7.40. The number of thiazole rings is 1. The summed E-state index contributed by atoms with van der Waals surface area (Å²) in [4.78, 5) is 8.05. The molecule has 0 aliphatic carbocycles. The molecule has 2 aromatic rings. The lowest BCUT2D eigenvalue weighted by Gasteiger charge is -1.93. The number of hydrogen-bond donors (Lipinski definition) is 1. The Morgan fingerprint density at radius 2 is 2.07 bits per heavy atom. The second-order valence-corrected chi connectivity index (χ2v) is 4.19. The molecule has 0 saturated carbocycles. The number of hydrogen-bond acceptors (Lipinski definition) is 3. The number of aromatic nitrogens is 1. The minimum Gasteiger partial charge on any atom is -0.244 e. The van der Waals surface area contributed by atoms with Crippen molar-refractivity contribution in [1.82, 2.24) is 9.82 Å². The summed E-state index contributed by atoms with van der Waals surface area (Å²) in [7, 11) is 0. The highest BCUT2D eigenvalue weighted by atomic mass is 35.5. The first-order valence-electron chi connectivity index (χ1n) is 4.24. The van der Waals surface area contributed by atoms with Crippen molar-refractivity contribution in [2.45, 2.75) is 6.54 Å². The molecule has 0 fully saturated rings. The van der Waals surface area contributed by atoms with E-state index in [4.69, 9.17) is 11.8 Å². The molecular formula is C10H9ClN2S. The predicted octanol–water partition coefficient (Wildman–Crippen LogP) is 3.05. The Labute approximate surface area is 91.7 Å². The van der Waals surface area contributed by atoms with Crippen molar-refractivity contribution in [3.63, 3.8) is 0 Å². The first kappa shape index (κ1) is 9.65. The average Bonchev–Trinajstić information content (AvgIpc) is 2.68. The maximum atomic E-state index is 5.42. The van der Waals surface area contributed by atoms with Gasteiger partial charge in [0.2, 0.25) is 0 Å². The summed E-state index contributed by atoms with van der Waals surface area (Å²) in [5, 5.41) is 1.03. The van der Waals surface area contributed by atoms with E-state index in [-0.39, 0.29) is 0 Å². The van der Waals surface area contributed by atoms with Gasteiger partial charge in [0.25, 0.3) is 0 Å². The van der Waals surface area contributed by atoms with Crippen LogP contribution in [0.15, 0.2) is 36.5 Å². The summed E-state index contributed by atoms with van der Waals surface area (Å²) in [6, 6.07) is 10.1. The average molecular weight is 225 g/mol. The van der Waals surface area contributed by atoms with Crippen molar-refractivity contribution in [2.75, 3.05) is 0 Å². The molecule has 1 aromatic heterocycles. The predicted molar refractivity (Wildman–Crippen MR) is 60.2 cm³/mol. The molecule has 0 radical (unpaired) electrons. The summed E-state index contributed by atoms with van der Waals surface area (Å²) < 4.78 is 0. The van der Waals surface area contributed by atoms with Crippen LogP contribution in [0, 0.1) is 0 Å². The molecule has 0 aliphatic rings. The molecular weight excluding hydrogens is 216 g/mol. The number of nitrogens with one attached hydrogen (secondary N) is 1. The van der Waals surface area contributed by atoms with Crippen LogP contribution in [0.1, 0.15) is 4.88 Å². The second kappa shape index (κ2) is 4.55. The number of nitrogens with zero attached hydrogens (tertiary/aromatic N) is 1. The molecule has 1 N–H and O–H groups in total. The quantitative estimate of drug-likeness (QED) is 0.811. The van der Waals surface area contributed by atoms with Crippen LogP contribution in [0.5, 0.6) is 0 Å². The van der Waals surface area contributed by atoms with E-state index in [0.717, 1.165) is 15.4 Å². The molecule has 2 rings (SSSR count). The minimum absolute atomic E-state index is 0.659. The Balaban J connectivity index is 2.25. The van der Waals surface area contributed by atoms with E-state index in [1.807, 2.05) is 24.4 Å². The molecule has 14 heavy (non-hydrogen) atoms. The minimum atomic E-state index is 0.659. The summed E-state index contributed by atoms with van der Waals surface area (Å²) in [5.74, 6) is 0. The molecule has 0 amide bonds. The lowest BCUT2D eigenvalue weighted by atomic mass is 10.2. The molecule has 1 aromatic carbocycles. The van der Waals surface area contributed by atoms with Gasteiger partial charge in [-0.2, -0.15) is 0 Å². The molecule has 72 valence electrons. The van der Waals surface area contributed by atoms with Crippen LogP contribution < -0.4 is 4.84 Å². The van der Waals surface area contributed by atoms with Gasteiger partial charge in [0.15, 0.2) is 0 Å². The maximum absolute atomic E-state index is 5.42. The fourth-order valence-corrected chi connectivity index (χ4v) is 2.25. The first-order chi connectivity index (χ1) is 6.90. The van der Waals surface area contributed by atoms with Gasteiger partial charge in [-0.15, -0.1) is 11.3 Å². The van der Waals surface area contributed by atoms with Gasteiger partial charge in [-0.1, -0.05) is 30.3 Å². The Morgan fingerprint density at radius 3 is 2.79 bits per heavy atom. The highest BCUT2D eigenvalue weighted by Crippen LogP contribution is 2.24. The molecule has 2 nitrogen and oxygen atoms in total. The van der Waals surface area contributed by atoms with E-state index in [2.05, 4.69) is 22.0 Å². The first-order valence-corrected chi connectivity index (χ1v) is 5.43. The Kier molecular flexibility index (Phi) is 3.14. The zero-order chi connectivity index (χ0) is 9.80. The molecule has 0 saturated heterocycles. The normalized spacial score (nSPS) is 10.4. The lowest BCUT2D eigenvalue weighted by Crippen LogP contribution is -1.94. The van der Waals surface area contributed by atoms with Gasteiger partial charge in [-0.05, 0) is 11.8 Å². The number of benzene rings is 1. The van der Waals surface area contributed by atoms with Crippen LogP contribution in [-0.4, -0.2) is 4.98 Å². The van der Waals surface area contributed by atoms with E-state index < -0.39 is 0 Å². The van der Waals surface area contributed by atoms with E-state index in [1.165, 1.54) is 0 Å². The van der Waals surface area contributed by atoms with Crippen molar-refractivity contribution in [1.29, 1.82) is 0 Å². The lowest BCUT2D eigenvalue weighted by molar-refractivity contribution is 0.983. The fourth-order valence-electron chi connectivity index (χ4n) is 1.17. The smallest absolute Gasteiger partial charge is 0.123 e. The van der Waals surface area contributed by atoms with E-state index in [0.29, 0.717) is 6.54 Å². The van der Waals surface area contributed by atoms with Gasteiger partial charge in [0, 0.05) is 23.2 Å². The molecule has 0 unspecified atom stereocenters. The van der Waals surface area contributed by atoms with Crippen molar-refractivity contribution < 1.29 is 0 Å². The topological polar surface area (TPSA) is 24.9 Å². The van der Waals surface area contributed by atoms with Gasteiger partial charge < -0.3 is 0 Å². The van der Waals surface area contributed by atoms with Crippen LogP contribution in [-0.2, 0) is 6.54 Å². The van der Waals surface area contributed by atoms with E-state index in [1.54, 1.807) is 11.3 Å². The maximum Gasteiger partial charge on any atom is 0.123 e. The molecule has 0 spiro atoms. The van der Waals surface area contributed by atoms with Crippen LogP contribution in [0.4, 0.5) is 0 Å². The van der Waals surface area contributed by atoms with Crippen LogP contribution in [0.2, 0.25) is 0 Å². The third kappa shape index (κ3) is 2.12. The summed E-state index contributed by atoms with van der Waals surface area (Å²) in [6.45, 7) is 0.659. The fraction of sp³-hybridized carbons (Fsp3) is 0.100. The highest BCUT2D eigenvalue weighted by Gasteiger charge is 2.02. The van der Waals surface area contributed by atoms with Crippen LogP contribution in [0.3, 0.4) is 0 Å². The summed E-state index contributed by atoms with van der Waals surface area (Å²) in [6.07, 6.45) is 1.85. The number of rotatable bonds is 3. The van der Waals surface area contributed by atoms with Crippen LogP contribution in [0.25, 0.3) is 10.6 Å². The van der Waals surface area contributed by atoms with Gasteiger partial charge in [-0.25, -0.2) is 9.82 Å². The summed E-state index contributed by atoms with van der Waals surface area (Å²) in [5.41, 5.74) is 1.15. The van der Waals surface area contributed by atoms with Gasteiger partial charge >= 0.3 is 0 Å². The molecule has 0 aliphatic heterocycles. The SMILES string of the molecule is ClNCc1cnc(-c2ccccc2)s1. The number of halogens is 1. The van der Waals surface area contributed by atoms with E-state index in [9.17, 15) is 0 Å². The summed E-state index contributed by atoms with van der Waals surface area (Å²) >= 11 is 7.07. The standard InChI is InChI=1S/C10H9ClN2S/c11-13-7-9-6-12-10(14-9)8-4-2-1-3-5-8/h1-6,13H,7H2. The van der Waals surface area contributed by atoms with Crippen molar-refractivity contribution >= 4 is 23.1 Å². The molecule has 0 atom stereocenters. The van der Waals surface area contributed by atoms with Crippen molar-refractivity contribution in [2.24, 2.45) is 0 Å². The monoisotopic (exact) mass is 224 g/mol. The molecule has 0 bridgehead atoms. The van der Waals surface area contributed by atoms with Gasteiger partial charge in [0.1, 0.15) is 5.01 Å². The van der Waals surface area contributed by atoms with Crippen molar-refractivity contribution in [3.8, 4) is 10.6 Å². The Morgan fingerprint density at radius 1 is 1.29 bits per heavy atom. The second-order valence-electron chi connectivity index (χ2n) is 2.81. The van der Waals surface area contributed by atoms with Gasteiger partial charge in [0.05, 0.1) is 0 Å². The third-order valence-electron chi connectivity index (χ3n) is 1.82. The third-order valence-corrected chi connectivity index (χ3v) is 3.00. The molecule has 1 heterocycles. The zero-order valence-corrected chi connectivity index (χ0v) is 8.98. The van der Waals surface area contributed by atoms with Crippen molar-refractivity contribution in [3.05, 3.63) is 41.4 Å². The van der Waals surface area contributed by atoms with E-state index >= 15 is 0 Å². The largest absolute Gasteiger partial charge is 0.244 e. The Bertz CT molecular complexity index is 400. The highest BCUT2D eigenvalue weighted by molar-refractivity contribution is 7.15. The molecule has 4 heteroatoms.